The van der Waals surface area contributed by atoms with Crippen LogP contribution in [0.4, 0.5) is 0 Å². The molecule has 0 fully saturated rings. The van der Waals surface area contributed by atoms with Gasteiger partial charge in [0.25, 0.3) is 0 Å². The minimum Gasteiger partial charge on any atom is -0.337 e. The first-order valence-electron chi connectivity index (χ1n) is 6.88. The molecule has 0 bridgehead atoms. The molecule has 0 spiro atoms. The Morgan fingerprint density at radius 3 is 2.43 bits per heavy atom. The number of carbonyl (C=O) groups excluding carboxylic acids is 1. The molecule has 2 atom stereocenters. The van der Waals surface area contributed by atoms with Crippen LogP contribution in [-0.2, 0) is 10.5 Å². The number of nitriles is 1. The molecule has 1 N–H and O–H groups in total. The molecule has 114 valence electrons. The van der Waals surface area contributed by atoms with Gasteiger partial charge in [-0.2, -0.15) is 5.26 Å². The van der Waals surface area contributed by atoms with Crippen LogP contribution in [0.5, 0.6) is 0 Å². The molecule has 0 radical (unpaired) electrons. The second-order valence-corrected chi connectivity index (χ2v) is 7.30. The fourth-order valence-corrected chi connectivity index (χ4v) is 2.51. The molecule has 0 aliphatic rings. The smallest absolute Gasteiger partial charge is 0.234 e. The minimum absolute atomic E-state index is 0.0555. The van der Waals surface area contributed by atoms with Crippen LogP contribution in [0.15, 0.2) is 24.3 Å². The monoisotopic (exact) mass is 324 g/mol. The summed E-state index contributed by atoms with van der Waals surface area (Å²) in [6.45, 7) is 7.46. The fourth-order valence-electron chi connectivity index (χ4n) is 1.54. The third-order valence-corrected chi connectivity index (χ3v) is 5.02. The molecule has 0 unspecified atom stereocenters. The van der Waals surface area contributed by atoms with E-state index < -0.39 is 5.54 Å². The number of rotatable bonds is 6. The van der Waals surface area contributed by atoms with Gasteiger partial charge in [-0.15, -0.1) is 11.8 Å². The topological polar surface area (TPSA) is 52.9 Å². The lowest BCUT2D eigenvalue weighted by molar-refractivity contribution is -0.121. The zero-order chi connectivity index (χ0) is 16.0. The highest BCUT2D eigenvalue weighted by molar-refractivity contribution is 7.99. The molecule has 1 amide bonds. The molecule has 3 nitrogen and oxygen atoms in total. The van der Waals surface area contributed by atoms with Crippen LogP contribution in [-0.4, -0.2) is 16.7 Å². The lowest BCUT2D eigenvalue weighted by Gasteiger charge is -2.28. The highest BCUT2D eigenvalue weighted by Crippen LogP contribution is 2.21. The standard InChI is InChI=1S/C16H21ClN2OS/c1-11(2)16(4,10-18)19-15(20)12(3)21-9-13-5-7-14(17)8-6-13/h5-8,11-12H,9H2,1-4H3,(H,19,20)/t12-,16-/m1/s1. The number of carbonyl (C=O) groups is 1. The molecule has 5 heteroatoms. The van der Waals surface area contributed by atoms with Crippen molar-refractivity contribution >= 4 is 29.3 Å². The lowest BCUT2D eigenvalue weighted by atomic mass is 9.90. The summed E-state index contributed by atoms with van der Waals surface area (Å²) in [6, 6.07) is 9.77. The molecule has 1 aromatic carbocycles. The highest BCUT2D eigenvalue weighted by atomic mass is 35.5. The molecule has 21 heavy (non-hydrogen) atoms. The van der Waals surface area contributed by atoms with Crippen molar-refractivity contribution in [2.24, 2.45) is 5.92 Å². The van der Waals surface area contributed by atoms with Crippen molar-refractivity contribution in [1.82, 2.24) is 5.32 Å². The van der Waals surface area contributed by atoms with E-state index in [0.29, 0.717) is 5.02 Å². The third-order valence-electron chi connectivity index (χ3n) is 3.55. The lowest BCUT2D eigenvalue weighted by Crippen LogP contribution is -2.51. The average Bonchev–Trinajstić information content (AvgIpc) is 2.45. The van der Waals surface area contributed by atoms with Crippen LogP contribution in [0, 0.1) is 17.2 Å². The van der Waals surface area contributed by atoms with Crippen molar-refractivity contribution in [2.75, 3.05) is 0 Å². The van der Waals surface area contributed by atoms with Crippen molar-refractivity contribution < 1.29 is 4.79 Å². The molecule has 0 saturated carbocycles. The summed E-state index contributed by atoms with van der Waals surface area (Å²) in [5.41, 5.74) is 0.294. The summed E-state index contributed by atoms with van der Waals surface area (Å²) in [5, 5.41) is 12.6. The van der Waals surface area contributed by atoms with Crippen molar-refractivity contribution in [3.05, 3.63) is 34.9 Å². The van der Waals surface area contributed by atoms with Gasteiger partial charge in [0, 0.05) is 10.8 Å². The van der Waals surface area contributed by atoms with Gasteiger partial charge in [0.2, 0.25) is 5.91 Å². The summed E-state index contributed by atoms with van der Waals surface area (Å²) in [5.74, 6) is 0.683. The highest BCUT2D eigenvalue weighted by Gasteiger charge is 2.31. The van der Waals surface area contributed by atoms with E-state index in [2.05, 4.69) is 11.4 Å². The maximum atomic E-state index is 12.2. The summed E-state index contributed by atoms with van der Waals surface area (Å²) < 4.78 is 0. The van der Waals surface area contributed by atoms with E-state index in [-0.39, 0.29) is 17.1 Å². The first kappa shape index (κ1) is 17.9. The van der Waals surface area contributed by atoms with Crippen LogP contribution >= 0.6 is 23.4 Å². The summed E-state index contributed by atoms with van der Waals surface area (Å²) in [6.07, 6.45) is 0. The molecular weight excluding hydrogens is 304 g/mol. The van der Waals surface area contributed by atoms with Crippen molar-refractivity contribution in [2.45, 2.75) is 44.2 Å². The number of hydrogen-bond donors (Lipinski definition) is 1. The molecule has 0 heterocycles. The Kier molecular flexibility index (Phi) is 6.57. The number of benzene rings is 1. The minimum atomic E-state index is -0.827. The van der Waals surface area contributed by atoms with E-state index in [1.165, 1.54) is 0 Å². The predicted molar refractivity (Wildman–Crippen MR) is 89.2 cm³/mol. The predicted octanol–water partition coefficient (Wildman–Crippen LogP) is 4.02. The van der Waals surface area contributed by atoms with Crippen LogP contribution in [0.2, 0.25) is 5.02 Å². The summed E-state index contributed by atoms with van der Waals surface area (Å²) >= 11 is 7.38. The van der Waals surface area contributed by atoms with E-state index in [4.69, 9.17) is 11.6 Å². The van der Waals surface area contributed by atoms with Crippen molar-refractivity contribution in [3.8, 4) is 6.07 Å². The Morgan fingerprint density at radius 1 is 1.38 bits per heavy atom. The molecule has 0 aliphatic heterocycles. The molecule has 0 saturated heterocycles. The Labute approximate surface area is 136 Å². The number of thioether (sulfide) groups is 1. The third kappa shape index (κ3) is 5.26. The van der Waals surface area contributed by atoms with Gasteiger partial charge in [-0.25, -0.2) is 0 Å². The van der Waals surface area contributed by atoms with Crippen LogP contribution in [0.1, 0.15) is 33.3 Å². The van der Waals surface area contributed by atoms with Gasteiger partial charge >= 0.3 is 0 Å². The largest absolute Gasteiger partial charge is 0.337 e. The average molecular weight is 325 g/mol. The van der Waals surface area contributed by atoms with Gasteiger partial charge in [0.1, 0.15) is 5.54 Å². The summed E-state index contributed by atoms with van der Waals surface area (Å²) in [7, 11) is 0. The van der Waals surface area contributed by atoms with Crippen molar-refractivity contribution in [3.63, 3.8) is 0 Å². The maximum absolute atomic E-state index is 12.2. The van der Waals surface area contributed by atoms with Gasteiger partial charge in [0.15, 0.2) is 0 Å². The van der Waals surface area contributed by atoms with E-state index in [0.717, 1.165) is 11.3 Å². The van der Waals surface area contributed by atoms with Gasteiger partial charge in [-0.1, -0.05) is 37.6 Å². The second kappa shape index (κ2) is 7.72. The maximum Gasteiger partial charge on any atom is 0.234 e. The summed E-state index contributed by atoms with van der Waals surface area (Å²) in [4.78, 5) is 12.2. The Morgan fingerprint density at radius 2 is 1.95 bits per heavy atom. The number of hydrogen-bond acceptors (Lipinski definition) is 3. The Bertz CT molecular complexity index is 524. The molecular formula is C16H21ClN2OS. The number of amides is 1. The fraction of sp³-hybridized carbons (Fsp3) is 0.500. The zero-order valence-electron chi connectivity index (χ0n) is 12.8. The van der Waals surface area contributed by atoms with E-state index in [1.54, 1.807) is 18.7 Å². The Hall–Kier alpha value is -1.18. The SMILES string of the molecule is CC(C)[C@@](C)(C#N)NC(=O)[C@@H](C)SCc1ccc(Cl)cc1. The first-order valence-corrected chi connectivity index (χ1v) is 8.30. The van der Waals surface area contributed by atoms with Crippen LogP contribution in [0.3, 0.4) is 0 Å². The van der Waals surface area contributed by atoms with E-state index in [9.17, 15) is 10.1 Å². The number of nitrogens with zero attached hydrogens (tertiary/aromatic N) is 1. The molecule has 1 aromatic rings. The van der Waals surface area contributed by atoms with Gasteiger partial charge < -0.3 is 5.32 Å². The normalized spacial score (nSPS) is 15.1. The van der Waals surface area contributed by atoms with Crippen LogP contribution in [0.25, 0.3) is 0 Å². The van der Waals surface area contributed by atoms with E-state index in [1.807, 2.05) is 45.0 Å². The van der Waals surface area contributed by atoms with Crippen molar-refractivity contribution in [1.29, 1.82) is 5.26 Å². The molecule has 1 rings (SSSR count). The first-order chi connectivity index (χ1) is 9.78. The quantitative estimate of drug-likeness (QED) is 0.860. The zero-order valence-corrected chi connectivity index (χ0v) is 14.4. The van der Waals surface area contributed by atoms with Crippen LogP contribution < -0.4 is 5.32 Å². The molecule has 0 aromatic heterocycles. The Balaban J connectivity index is 2.55. The van der Waals surface area contributed by atoms with Gasteiger partial charge in [-0.05, 0) is 37.5 Å². The van der Waals surface area contributed by atoms with E-state index >= 15 is 0 Å². The van der Waals surface area contributed by atoms with Gasteiger partial charge in [-0.3, -0.25) is 4.79 Å². The number of nitrogens with one attached hydrogen (secondary N) is 1. The number of halogens is 1. The molecule has 0 aliphatic carbocycles. The second-order valence-electron chi connectivity index (χ2n) is 5.54. The van der Waals surface area contributed by atoms with Gasteiger partial charge in [0.05, 0.1) is 11.3 Å².